The third-order valence-corrected chi connectivity index (χ3v) is 4.62. The van der Waals surface area contributed by atoms with Crippen LogP contribution in [0.4, 0.5) is 5.69 Å². The highest BCUT2D eigenvalue weighted by Crippen LogP contribution is 2.23. The van der Waals surface area contributed by atoms with Crippen molar-refractivity contribution >= 4 is 22.9 Å². The Hall–Kier alpha value is -3.06. The quantitative estimate of drug-likeness (QED) is 0.556. The van der Waals surface area contributed by atoms with Gasteiger partial charge in [0.05, 0.1) is 17.2 Å². The average Bonchev–Trinajstić information content (AvgIpc) is 3.09. The number of nitro groups is 1. The molecule has 1 N–H and O–H groups in total. The summed E-state index contributed by atoms with van der Waals surface area (Å²) < 4.78 is 0. The van der Waals surface area contributed by atoms with Crippen LogP contribution in [0, 0.1) is 17.0 Å². The Morgan fingerprint density at radius 1 is 1.20 bits per heavy atom. The maximum Gasteiger partial charge on any atom is 0.273 e. The van der Waals surface area contributed by atoms with Crippen LogP contribution < -0.4 is 5.32 Å². The molecule has 0 aliphatic rings. The monoisotopic (exact) mass is 353 g/mol. The molecular formula is C18H15N3O3S. The summed E-state index contributed by atoms with van der Waals surface area (Å²) in [6.07, 6.45) is 0. The van der Waals surface area contributed by atoms with Gasteiger partial charge in [-0.1, -0.05) is 36.4 Å². The minimum atomic E-state index is -0.487. The lowest BCUT2D eigenvalue weighted by molar-refractivity contribution is -0.385. The van der Waals surface area contributed by atoms with Gasteiger partial charge in [0.1, 0.15) is 5.01 Å². The van der Waals surface area contributed by atoms with E-state index >= 15 is 0 Å². The highest BCUT2D eigenvalue weighted by atomic mass is 32.1. The molecule has 0 saturated heterocycles. The zero-order valence-corrected chi connectivity index (χ0v) is 14.2. The van der Waals surface area contributed by atoms with E-state index in [1.54, 1.807) is 13.0 Å². The minimum Gasteiger partial charge on any atom is -0.346 e. The predicted molar refractivity (Wildman–Crippen MR) is 96.6 cm³/mol. The molecule has 0 fully saturated rings. The van der Waals surface area contributed by atoms with Crippen molar-refractivity contribution in [3.63, 3.8) is 0 Å². The number of hydrogen-bond acceptors (Lipinski definition) is 5. The Morgan fingerprint density at radius 2 is 1.96 bits per heavy atom. The van der Waals surface area contributed by atoms with Crippen LogP contribution in [0.25, 0.3) is 11.3 Å². The van der Waals surface area contributed by atoms with Gasteiger partial charge in [0.25, 0.3) is 11.6 Å². The number of nitrogens with zero attached hydrogens (tertiary/aromatic N) is 2. The van der Waals surface area contributed by atoms with Gasteiger partial charge in [-0.05, 0) is 13.0 Å². The van der Waals surface area contributed by atoms with Crippen molar-refractivity contribution in [1.29, 1.82) is 0 Å². The maximum absolute atomic E-state index is 12.3. The normalized spacial score (nSPS) is 10.4. The Balaban J connectivity index is 1.70. The molecule has 126 valence electrons. The second-order valence-electron chi connectivity index (χ2n) is 5.38. The van der Waals surface area contributed by atoms with E-state index < -0.39 is 4.92 Å². The molecule has 1 amide bonds. The maximum atomic E-state index is 12.3. The van der Waals surface area contributed by atoms with Crippen LogP contribution in [0.1, 0.15) is 20.9 Å². The third kappa shape index (κ3) is 3.72. The molecular weight excluding hydrogens is 338 g/mol. The second kappa shape index (κ2) is 7.23. The number of nitrogens with one attached hydrogen (secondary N) is 1. The number of rotatable bonds is 5. The minimum absolute atomic E-state index is 0.0618. The predicted octanol–water partition coefficient (Wildman–Crippen LogP) is 3.96. The number of amides is 1. The summed E-state index contributed by atoms with van der Waals surface area (Å²) in [6, 6.07) is 14.3. The SMILES string of the molecule is Cc1c(C(=O)NCc2nc(-c3ccccc3)cs2)cccc1[N+](=O)[O-]. The molecule has 0 aliphatic heterocycles. The first-order valence-corrected chi connectivity index (χ1v) is 8.46. The summed E-state index contributed by atoms with van der Waals surface area (Å²) >= 11 is 1.46. The summed E-state index contributed by atoms with van der Waals surface area (Å²) in [7, 11) is 0. The average molecular weight is 353 g/mol. The second-order valence-corrected chi connectivity index (χ2v) is 6.32. The molecule has 25 heavy (non-hydrogen) atoms. The fourth-order valence-corrected chi connectivity index (χ4v) is 3.19. The first kappa shape index (κ1) is 16.8. The van der Waals surface area contributed by atoms with Gasteiger partial charge in [0, 0.05) is 28.1 Å². The van der Waals surface area contributed by atoms with Gasteiger partial charge in [0.2, 0.25) is 0 Å². The number of thiazole rings is 1. The lowest BCUT2D eigenvalue weighted by Gasteiger charge is -2.06. The van der Waals surface area contributed by atoms with Gasteiger partial charge in [0.15, 0.2) is 0 Å². The van der Waals surface area contributed by atoms with Gasteiger partial charge >= 0.3 is 0 Å². The highest BCUT2D eigenvalue weighted by Gasteiger charge is 2.18. The lowest BCUT2D eigenvalue weighted by Crippen LogP contribution is -2.23. The Kier molecular flexibility index (Phi) is 4.85. The van der Waals surface area contributed by atoms with Gasteiger partial charge in [-0.2, -0.15) is 0 Å². The zero-order valence-electron chi connectivity index (χ0n) is 13.4. The fraction of sp³-hybridized carbons (Fsp3) is 0.111. The Morgan fingerprint density at radius 3 is 2.68 bits per heavy atom. The number of benzene rings is 2. The summed E-state index contributed by atoms with van der Waals surface area (Å²) in [5.41, 5.74) is 2.48. The summed E-state index contributed by atoms with van der Waals surface area (Å²) in [5, 5.41) is 16.5. The van der Waals surface area contributed by atoms with Gasteiger partial charge in [-0.3, -0.25) is 14.9 Å². The van der Waals surface area contributed by atoms with Crippen LogP contribution in [-0.2, 0) is 6.54 Å². The first-order valence-electron chi connectivity index (χ1n) is 7.58. The van der Waals surface area contributed by atoms with Crippen molar-refractivity contribution in [2.24, 2.45) is 0 Å². The van der Waals surface area contributed by atoms with Crippen molar-refractivity contribution < 1.29 is 9.72 Å². The largest absolute Gasteiger partial charge is 0.346 e. The van der Waals surface area contributed by atoms with Crippen LogP contribution in [0.15, 0.2) is 53.9 Å². The van der Waals surface area contributed by atoms with Gasteiger partial charge in [-0.25, -0.2) is 4.98 Å². The first-order chi connectivity index (χ1) is 12.1. The van der Waals surface area contributed by atoms with Crippen LogP contribution in [0.5, 0.6) is 0 Å². The van der Waals surface area contributed by atoms with Crippen LogP contribution in [-0.4, -0.2) is 15.8 Å². The summed E-state index contributed by atoms with van der Waals surface area (Å²) in [6.45, 7) is 1.85. The smallest absolute Gasteiger partial charge is 0.273 e. The van der Waals surface area contributed by atoms with E-state index in [9.17, 15) is 14.9 Å². The van der Waals surface area contributed by atoms with E-state index in [0.717, 1.165) is 16.3 Å². The van der Waals surface area contributed by atoms with Crippen molar-refractivity contribution in [3.8, 4) is 11.3 Å². The lowest BCUT2D eigenvalue weighted by atomic mass is 10.1. The van der Waals surface area contributed by atoms with E-state index in [1.807, 2.05) is 35.7 Å². The molecule has 0 atom stereocenters. The molecule has 1 aromatic heterocycles. The van der Waals surface area contributed by atoms with E-state index in [-0.39, 0.29) is 18.1 Å². The standard InChI is InChI=1S/C18H15N3O3S/c1-12-14(8-5-9-16(12)21(23)24)18(22)19-10-17-20-15(11-25-17)13-6-3-2-4-7-13/h2-9,11H,10H2,1H3,(H,19,22). The molecule has 0 spiro atoms. The molecule has 0 aliphatic carbocycles. The van der Waals surface area contributed by atoms with Crippen molar-refractivity contribution in [3.05, 3.63) is 80.2 Å². The molecule has 0 saturated carbocycles. The van der Waals surface area contributed by atoms with Gasteiger partial charge in [-0.15, -0.1) is 11.3 Å². The Labute approximate surface area is 148 Å². The van der Waals surface area contributed by atoms with Crippen LogP contribution >= 0.6 is 11.3 Å². The molecule has 6 nitrogen and oxygen atoms in total. The fourth-order valence-electron chi connectivity index (χ4n) is 2.45. The van der Waals surface area contributed by atoms with Crippen LogP contribution in [0.2, 0.25) is 0 Å². The third-order valence-electron chi connectivity index (χ3n) is 3.77. The highest BCUT2D eigenvalue weighted by molar-refractivity contribution is 7.09. The molecule has 1 heterocycles. The van der Waals surface area contributed by atoms with Gasteiger partial charge < -0.3 is 5.32 Å². The van der Waals surface area contributed by atoms with E-state index in [4.69, 9.17) is 0 Å². The van der Waals surface area contributed by atoms with Crippen molar-refractivity contribution in [2.75, 3.05) is 0 Å². The van der Waals surface area contributed by atoms with Crippen LogP contribution in [0.3, 0.4) is 0 Å². The number of hydrogen-bond donors (Lipinski definition) is 1. The molecule has 7 heteroatoms. The van der Waals surface area contributed by atoms with E-state index in [0.29, 0.717) is 11.1 Å². The van der Waals surface area contributed by atoms with Crippen molar-refractivity contribution in [1.82, 2.24) is 10.3 Å². The zero-order chi connectivity index (χ0) is 17.8. The van der Waals surface area contributed by atoms with E-state index in [2.05, 4.69) is 10.3 Å². The topological polar surface area (TPSA) is 85.1 Å². The summed E-state index contributed by atoms with van der Waals surface area (Å²) in [5.74, 6) is -0.349. The molecule has 0 unspecified atom stereocenters. The van der Waals surface area contributed by atoms with Crippen molar-refractivity contribution in [2.45, 2.75) is 13.5 Å². The molecule has 0 radical (unpaired) electrons. The molecule has 2 aromatic carbocycles. The number of carbonyl (C=O) groups excluding carboxylic acids is 1. The molecule has 3 aromatic rings. The summed E-state index contributed by atoms with van der Waals surface area (Å²) in [4.78, 5) is 27.3. The molecule has 3 rings (SSSR count). The number of carbonyl (C=O) groups is 1. The number of nitro benzene ring substituents is 1. The van der Waals surface area contributed by atoms with E-state index in [1.165, 1.54) is 23.5 Å². The number of aromatic nitrogens is 1. The Bertz CT molecular complexity index is 922. The molecule has 0 bridgehead atoms.